The molecular formula is C17H26N4O2S. The number of rotatable bonds is 7. The average Bonchev–Trinajstić information content (AvgIpc) is 2.90. The van der Waals surface area contributed by atoms with Crippen molar-refractivity contribution >= 4 is 23.6 Å². The molecule has 1 fully saturated rings. The Morgan fingerprint density at radius 3 is 2.71 bits per heavy atom. The molecule has 0 aromatic carbocycles. The van der Waals surface area contributed by atoms with E-state index in [1.165, 1.54) is 11.8 Å². The number of amides is 2. The third-order valence-corrected chi connectivity index (χ3v) is 4.46. The van der Waals surface area contributed by atoms with E-state index in [2.05, 4.69) is 20.5 Å². The number of thioether (sulfide) groups is 1. The topological polar surface area (TPSA) is 74.3 Å². The van der Waals surface area contributed by atoms with Gasteiger partial charge in [-0.2, -0.15) is 11.8 Å². The van der Waals surface area contributed by atoms with Gasteiger partial charge in [-0.1, -0.05) is 0 Å². The van der Waals surface area contributed by atoms with Crippen LogP contribution in [0.15, 0.2) is 24.5 Å². The van der Waals surface area contributed by atoms with Gasteiger partial charge in [-0.05, 0) is 44.2 Å². The molecule has 6 nitrogen and oxygen atoms in total. The molecule has 2 N–H and O–H groups in total. The van der Waals surface area contributed by atoms with Crippen molar-refractivity contribution in [2.45, 2.75) is 44.9 Å². The number of pyridine rings is 1. The predicted octanol–water partition coefficient (Wildman–Crippen LogP) is 1.03. The van der Waals surface area contributed by atoms with Crippen LogP contribution in [0.5, 0.6) is 0 Å². The first kappa shape index (κ1) is 18.7. The van der Waals surface area contributed by atoms with Gasteiger partial charge in [0.15, 0.2) is 0 Å². The van der Waals surface area contributed by atoms with Crippen LogP contribution in [0.2, 0.25) is 0 Å². The van der Waals surface area contributed by atoms with E-state index < -0.39 is 0 Å². The highest BCUT2D eigenvalue weighted by molar-refractivity contribution is 7.99. The van der Waals surface area contributed by atoms with E-state index in [1.807, 2.05) is 32.2 Å². The molecule has 0 spiro atoms. The smallest absolute Gasteiger partial charge is 0.237 e. The van der Waals surface area contributed by atoms with Crippen LogP contribution in [-0.2, 0) is 16.1 Å². The summed E-state index contributed by atoms with van der Waals surface area (Å²) in [7, 11) is 0. The minimum absolute atomic E-state index is 0.00870. The zero-order chi connectivity index (χ0) is 17.5. The summed E-state index contributed by atoms with van der Waals surface area (Å²) >= 11 is 1.50. The Morgan fingerprint density at radius 2 is 2.08 bits per heavy atom. The third-order valence-electron chi connectivity index (χ3n) is 3.91. The molecule has 2 rings (SSSR count). The zero-order valence-electron chi connectivity index (χ0n) is 14.5. The lowest BCUT2D eigenvalue weighted by Crippen LogP contribution is -2.45. The molecule has 1 aromatic heterocycles. The third kappa shape index (κ3) is 5.49. The Balaban J connectivity index is 2.05. The maximum absolute atomic E-state index is 12.5. The first-order chi connectivity index (χ1) is 11.5. The number of nitrogens with one attached hydrogen (secondary N) is 2. The van der Waals surface area contributed by atoms with Crippen molar-refractivity contribution in [2.24, 2.45) is 0 Å². The number of aromatic nitrogens is 1. The van der Waals surface area contributed by atoms with E-state index in [-0.39, 0.29) is 29.9 Å². The highest BCUT2D eigenvalue weighted by Crippen LogP contribution is 2.21. The number of carbonyl (C=O) groups is 2. The molecule has 2 atom stereocenters. The number of likely N-dealkylation sites (tertiary alicyclic amines) is 1. The summed E-state index contributed by atoms with van der Waals surface area (Å²) in [4.78, 5) is 30.6. The summed E-state index contributed by atoms with van der Waals surface area (Å²) in [5.41, 5.74) is 1.11. The number of hydrogen-bond acceptors (Lipinski definition) is 5. The van der Waals surface area contributed by atoms with Gasteiger partial charge in [0.05, 0.1) is 11.8 Å². The Bertz CT molecular complexity index is 553. The lowest BCUT2D eigenvalue weighted by molar-refractivity contribution is -0.126. The van der Waals surface area contributed by atoms with Gasteiger partial charge in [-0.15, -0.1) is 0 Å². The molecule has 0 aliphatic carbocycles. The van der Waals surface area contributed by atoms with Gasteiger partial charge < -0.3 is 10.6 Å². The summed E-state index contributed by atoms with van der Waals surface area (Å²) in [6.45, 7) is 5.27. The minimum atomic E-state index is -0.222. The van der Waals surface area contributed by atoms with Crippen LogP contribution in [0.25, 0.3) is 0 Å². The summed E-state index contributed by atoms with van der Waals surface area (Å²) in [6, 6.07) is 3.80. The van der Waals surface area contributed by atoms with Crippen LogP contribution in [0, 0.1) is 0 Å². The lowest BCUT2D eigenvalue weighted by Gasteiger charge is -2.24. The molecule has 7 heteroatoms. The average molecular weight is 350 g/mol. The highest BCUT2D eigenvalue weighted by Gasteiger charge is 2.37. The van der Waals surface area contributed by atoms with Crippen molar-refractivity contribution in [3.05, 3.63) is 30.1 Å². The van der Waals surface area contributed by atoms with Crippen molar-refractivity contribution in [3.8, 4) is 0 Å². The van der Waals surface area contributed by atoms with E-state index in [1.54, 1.807) is 12.4 Å². The fourth-order valence-electron chi connectivity index (χ4n) is 2.96. The molecule has 0 unspecified atom stereocenters. The van der Waals surface area contributed by atoms with E-state index in [0.717, 1.165) is 5.56 Å². The van der Waals surface area contributed by atoms with Crippen molar-refractivity contribution in [2.75, 3.05) is 18.6 Å². The second-order valence-electron chi connectivity index (χ2n) is 6.40. The van der Waals surface area contributed by atoms with E-state index in [9.17, 15) is 9.59 Å². The molecule has 0 radical (unpaired) electrons. The Kier molecular flexibility index (Phi) is 7.05. The second-order valence-corrected chi connectivity index (χ2v) is 7.26. The van der Waals surface area contributed by atoms with Crippen LogP contribution in [0.1, 0.15) is 25.8 Å². The molecule has 2 heterocycles. The Labute approximate surface area is 147 Å². The van der Waals surface area contributed by atoms with Crippen LogP contribution in [0.4, 0.5) is 0 Å². The van der Waals surface area contributed by atoms with Gasteiger partial charge in [0.1, 0.15) is 0 Å². The van der Waals surface area contributed by atoms with Gasteiger partial charge in [-0.25, -0.2) is 0 Å². The largest absolute Gasteiger partial charge is 0.353 e. The van der Waals surface area contributed by atoms with Crippen LogP contribution < -0.4 is 10.6 Å². The van der Waals surface area contributed by atoms with Crippen LogP contribution in [0.3, 0.4) is 0 Å². The number of hydrogen-bond donors (Lipinski definition) is 2. The molecular weight excluding hydrogens is 324 g/mol. The summed E-state index contributed by atoms with van der Waals surface area (Å²) in [6.07, 6.45) is 6.06. The molecule has 1 aromatic rings. The van der Waals surface area contributed by atoms with Crippen molar-refractivity contribution in [3.63, 3.8) is 0 Å². The van der Waals surface area contributed by atoms with Crippen molar-refractivity contribution < 1.29 is 9.59 Å². The van der Waals surface area contributed by atoms with Gasteiger partial charge in [0.2, 0.25) is 11.8 Å². The minimum Gasteiger partial charge on any atom is -0.353 e. The Hall–Kier alpha value is -1.60. The van der Waals surface area contributed by atoms with Gasteiger partial charge in [-0.3, -0.25) is 19.5 Å². The Morgan fingerprint density at radius 1 is 1.38 bits per heavy atom. The molecule has 132 valence electrons. The standard InChI is InChI=1S/C17H26N4O2S/c1-12(2)19-17(23)15-8-14(20-16(22)11-24-3)10-21(15)9-13-4-6-18-7-5-13/h4-7,12,14-15H,8-11H2,1-3H3,(H,19,23)(H,20,22)/t14-,15+/m1/s1. The molecule has 24 heavy (non-hydrogen) atoms. The zero-order valence-corrected chi connectivity index (χ0v) is 15.3. The van der Waals surface area contributed by atoms with E-state index in [0.29, 0.717) is 25.3 Å². The summed E-state index contributed by atoms with van der Waals surface area (Å²) < 4.78 is 0. The maximum atomic E-state index is 12.5. The summed E-state index contributed by atoms with van der Waals surface area (Å²) in [5.74, 6) is 0.505. The van der Waals surface area contributed by atoms with E-state index >= 15 is 0 Å². The quantitative estimate of drug-likeness (QED) is 0.768. The van der Waals surface area contributed by atoms with Crippen LogP contribution in [-0.4, -0.2) is 58.4 Å². The SMILES string of the molecule is CSCC(=O)N[C@@H]1C[C@@H](C(=O)NC(C)C)N(Cc2ccncc2)C1. The highest BCUT2D eigenvalue weighted by atomic mass is 32.2. The second kappa shape index (κ2) is 9.03. The van der Waals surface area contributed by atoms with Gasteiger partial charge >= 0.3 is 0 Å². The number of carbonyl (C=O) groups excluding carboxylic acids is 2. The first-order valence-electron chi connectivity index (χ1n) is 8.21. The lowest BCUT2D eigenvalue weighted by atomic mass is 10.1. The van der Waals surface area contributed by atoms with Crippen molar-refractivity contribution in [1.29, 1.82) is 0 Å². The fourth-order valence-corrected chi connectivity index (χ4v) is 3.30. The summed E-state index contributed by atoms with van der Waals surface area (Å²) in [5, 5.41) is 6.03. The molecule has 2 amide bonds. The van der Waals surface area contributed by atoms with Crippen molar-refractivity contribution in [1.82, 2.24) is 20.5 Å². The maximum Gasteiger partial charge on any atom is 0.237 e. The first-order valence-corrected chi connectivity index (χ1v) is 9.60. The van der Waals surface area contributed by atoms with E-state index in [4.69, 9.17) is 0 Å². The fraction of sp³-hybridized carbons (Fsp3) is 0.588. The van der Waals surface area contributed by atoms with Gasteiger partial charge in [0.25, 0.3) is 0 Å². The predicted molar refractivity (Wildman–Crippen MR) is 96.6 cm³/mol. The molecule has 0 saturated carbocycles. The monoisotopic (exact) mass is 350 g/mol. The molecule has 1 aliphatic rings. The van der Waals surface area contributed by atoms with Gasteiger partial charge in [0, 0.05) is 37.6 Å². The molecule has 1 saturated heterocycles. The van der Waals surface area contributed by atoms with Crippen LogP contribution >= 0.6 is 11.8 Å². The molecule has 1 aliphatic heterocycles. The molecule has 0 bridgehead atoms. The normalized spacial score (nSPS) is 21.0. The number of nitrogens with zero attached hydrogens (tertiary/aromatic N) is 2.